The number of nitrogens with zero attached hydrogens (tertiary/aromatic N) is 4. The number of nitrogens with one attached hydrogen (secondary N) is 2. The van der Waals surface area contributed by atoms with Crippen LogP contribution in [-0.4, -0.2) is 89.9 Å². The number of hydrogen-bond acceptors (Lipinski definition) is 11. The van der Waals surface area contributed by atoms with E-state index in [1.807, 2.05) is 24.3 Å². The molecule has 1 aromatic heterocycles. The molecule has 0 fully saturated rings. The van der Waals surface area contributed by atoms with Crippen LogP contribution >= 0.6 is 0 Å². The van der Waals surface area contributed by atoms with Crippen LogP contribution in [0.4, 0.5) is 0 Å². The first kappa shape index (κ1) is 36.3. The Balaban J connectivity index is 1.20. The largest absolute Gasteiger partial charge is 0.393 e. The molecule has 4 atom stereocenters. The molecule has 1 heterocycles. The van der Waals surface area contributed by atoms with Crippen molar-refractivity contribution in [3.63, 3.8) is 0 Å². The van der Waals surface area contributed by atoms with Crippen molar-refractivity contribution in [2.75, 3.05) is 6.54 Å². The molecule has 0 spiro atoms. The van der Waals surface area contributed by atoms with Crippen molar-refractivity contribution in [1.82, 2.24) is 31.0 Å². The summed E-state index contributed by atoms with van der Waals surface area (Å²) in [6, 6.07) is 13.6. The van der Waals surface area contributed by atoms with Crippen molar-refractivity contribution in [1.29, 1.82) is 0 Å². The quantitative estimate of drug-likeness (QED) is 0.0989. The first-order valence-corrected chi connectivity index (χ1v) is 15.6. The number of aliphatic hydroxyl groups is 4. The van der Waals surface area contributed by atoms with Crippen LogP contribution in [0.15, 0.2) is 48.5 Å². The van der Waals surface area contributed by atoms with Crippen molar-refractivity contribution in [2.45, 2.75) is 95.7 Å². The lowest BCUT2D eigenvalue weighted by atomic mass is 9.99. The number of hydrogen-bond donors (Lipinski definition) is 6. The van der Waals surface area contributed by atoms with Crippen LogP contribution in [0.5, 0.6) is 0 Å². The number of rotatable bonds is 20. The van der Waals surface area contributed by atoms with Gasteiger partial charge in [-0.1, -0.05) is 36.4 Å². The molecule has 13 heteroatoms. The highest BCUT2D eigenvalue weighted by Gasteiger charge is 2.15. The Hall–Kier alpha value is -4.17. The summed E-state index contributed by atoms with van der Waals surface area (Å²) in [7, 11) is 0. The minimum atomic E-state index is -0.729. The minimum Gasteiger partial charge on any atom is -0.393 e. The Labute approximate surface area is 268 Å². The number of aryl methyl sites for hydroxylation is 1. The van der Waals surface area contributed by atoms with E-state index < -0.39 is 24.4 Å². The number of carbonyl (C=O) groups is 3. The standard InChI is InChI=1S/C33H44N6O7/c1-22-36-38-32(39-37-22)25-6-2-23(3-7-25)20-35-31(45)17-16-29(43)13-12-27(41)10-11-28(42)14-15-30(44)18-19-34-33(46)26-8-4-24(21-40)5-9-26/h2-9,21,27-30,41-44H,10-20H2,1H3,(H,34,46)(H,35,45). The average molecular weight is 637 g/mol. The number of aldehydes is 1. The van der Waals surface area contributed by atoms with Crippen LogP contribution in [0.3, 0.4) is 0 Å². The SMILES string of the molecule is Cc1nnc(-c2ccc(CNC(=O)CCC(O)CCC(O)CCC(O)CCC(O)CCNC(=O)c3ccc(C=O)cc3)cc2)nn1. The molecule has 0 aliphatic rings. The maximum atomic E-state index is 12.3. The zero-order valence-electron chi connectivity index (χ0n) is 26.1. The third-order valence-electron chi connectivity index (χ3n) is 7.56. The lowest BCUT2D eigenvalue weighted by Crippen LogP contribution is -2.27. The molecule has 0 saturated heterocycles. The summed E-state index contributed by atoms with van der Waals surface area (Å²) < 4.78 is 0. The van der Waals surface area contributed by atoms with E-state index in [-0.39, 0.29) is 31.2 Å². The molecule has 0 saturated carbocycles. The molecule has 0 aliphatic carbocycles. The minimum absolute atomic E-state index is 0.156. The zero-order chi connectivity index (χ0) is 33.3. The van der Waals surface area contributed by atoms with Gasteiger partial charge in [0.25, 0.3) is 5.91 Å². The van der Waals surface area contributed by atoms with Gasteiger partial charge in [0.1, 0.15) is 6.29 Å². The van der Waals surface area contributed by atoms with E-state index in [0.29, 0.717) is 80.6 Å². The van der Waals surface area contributed by atoms with Crippen molar-refractivity contribution >= 4 is 18.1 Å². The fourth-order valence-corrected chi connectivity index (χ4v) is 4.65. The number of benzene rings is 2. The summed E-state index contributed by atoms with van der Waals surface area (Å²) in [6.07, 6.45) is 0.746. The van der Waals surface area contributed by atoms with Gasteiger partial charge in [-0.25, -0.2) is 0 Å². The van der Waals surface area contributed by atoms with E-state index in [4.69, 9.17) is 0 Å². The molecule has 6 N–H and O–H groups in total. The highest BCUT2D eigenvalue weighted by atomic mass is 16.3. The van der Waals surface area contributed by atoms with Gasteiger partial charge >= 0.3 is 0 Å². The molecule has 0 bridgehead atoms. The summed E-state index contributed by atoms with van der Waals surface area (Å²) in [5.74, 6) is 0.433. The number of carbonyl (C=O) groups excluding carboxylic acids is 3. The van der Waals surface area contributed by atoms with Crippen LogP contribution in [0.1, 0.15) is 89.9 Å². The molecule has 13 nitrogen and oxygen atoms in total. The summed E-state index contributed by atoms with van der Waals surface area (Å²) >= 11 is 0. The topological polar surface area (TPSA) is 208 Å². The van der Waals surface area contributed by atoms with E-state index in [1.54, 1.807) is 31.2 Å². The Morgan fingerprint density at radius 1 is 0.696 bits per heavy atom. The second kappa shape index (κ2) is 19.4. The van der Waals surface area contributed by atoms with Crippen molar-refractivity contribution in [2.24, 2.45) is 0 Å². The van der Waals surface area contributed by atoms with Crippen molar-refractivity contribution in [3.05, 3.63) is 71.0 Å². The second-order valence-corrected chi connectivity index (χ2v) is 11.4. The number of amides is 2. The second-order valence-electron chi connectivity index (χ2n) is 11.4. The highest BCUT2D eigenvalue weighted by Crippen LogP contribution is 2.16. The maximum absolute atomic E-state index is 12.3. The van der Waals surface area contributed by atoms with Gasteiger partial charge in [-0.2, -0.15) is 0 Å². The highest BCUT2D eigenvalue weighted by molar-refractivity contribution is 5.94. The summed E-state index contributed by atoms with van der Waals surface area (Å²) in [6.45, 7) is 2.32. The smallest absolute Gasteiger partial charge is 0.251 e. The third kappa shape index (κ3) is 13.4. The molecule has 0 radical (unpaired) electrons. The lowest BCUT2D eigenvalue weighted by Gasteiger charge is -2.17. The van der Waals surface area contributed by atoms with Gasteiger partial charge < -0.3 is 31.1 Å². The van der Waals surface area contributed by atoms with Gasteiger partial charge in [0.05, 0.1) is 24.4 Å². The lowest BCUT2D eigenvalue weighted by molar-refractivity contribution is -0.121. The normalized spacial score (nSPS) is 13.8. The summed E-state index contributed by atoms with van der Waals surface area (Å²) in [5.41, 5.74) is 2.57. The first-order chi connectivity index (χ1) is 22.1. The van der Waals surface area contributed by atoms with Gasteiger partial charge in [0, 0.05) is 36.2 Å². The molecule has 46 heavy (non-hydrogen) atoms. The van der Waals surface area contributed by atoms with Crippen LogP contribution < -0.4 is 10.6 Å². The van der Waals surface area contributed by atoms with E-state index in [2.05, 4.69) is 31.0 Å². The summed E-state index contributed by atoms with van der Waals surface area (Å²) in [5, 5.41) is 62.4. The van der Waals surface area contributed by atoms with Gasteiger partial charge in [-0.3, -0.25) is 14.4 Å². The van der Waals surface area contributed by atoms with Crippen LogP contribution in [0.25, 0.3) is 11.4 Å². The van der Waals surface area contributed by atoms with E-state index in [9.17, 15) is 34.8 Å². The molecule has 0 aliphatic heterocycles. The fraction of sp³-hybridized carbons (Fsp3) is 0.485. The van der Waals surface area contributed by atoms with Crippen LogP contribution in [0, 0.1) is 6.92 Å². The van der Waals surface area contributed by atoms with Crippen LogP contribution in [-0.2, 0) is 11.3 Å². The van der Waals surface area contributed by atoms with Gasteiger partial charge in [-0.05, 0) is 76.0 Å². The number of aliphatic hydroxyl groups excluding tert-OH is 4. The summed E-state index contributed by atoms with van der Waals surface area (Å²) in [4.78, 5) is 35.1. The molecule has 3 rings (SSSR count). The predicted octanol–water partition coefficient (Wildman–Crippen LogP) is 2.06. The monoisotopic (exact) mass is 636 g/mol. The van der Waals surface area contributed by atoms with Gasteiger partial charge in [0.15, 0.2) is 5.82 Å². The molecular formula is C33H44N6O7. The molecule has 4 unspecified atom stereocenters. The average Bonchev–Trinajstić information content (AvgIpc) is 3.07. The molecular weight excluding hydrogens is 592 g/mol. The molecule has 248 valence electrons. The van der Waals surface area contributed by atoms with Gasteiger partial charge in [0.2, 0.25) is 11.7 Å². The van der Waals surface area contributed by atoms with Crippen LogP contribution in [0.2, 0.25) is 0 Å². The van der Waals surface area contributed by atoms with E-state index in [0.717, 1.165) is 11.1 Å². The predicted molar refractivity (Wildman–Crippen MR) is 169 cm³/mol. The Bertz CT molecular complexity index is 1360. The third-order valence-corrected chi connectivity index (χ3v) is 7.56. The number of aromatic nitrogens is 4. The Morgan fingerprint density at radius 3 is 1.76 bits per heavy atom. The van der Waals surface area contributed by atoms with Crippen molar-refractivity contribution in [3.8, 4) is 11.4 Å². The Morgan fingerprint density at radius 2 is 1.22 bits per heavy atom. The van der Waals surface area contributed by atoms with Gasteiger partial charge in [-0.15, -0.1) is 20.4 Å². The van der Waals surface area contributed by atoms with E-state index >= 15 is 0 Å². The molecule has 2 amide bonds. The zero-order valence-corrected chi connectivity index (χ0v) is 26.1. The van der Waals surface area contributed by atoms with Crippen molar-refractivity contribution < 1.29 is 34.8 Å². The first-order valence-electron chi connectivity index (χ1n) is 15.6. The fourth-order valence-electron chi connectivity index (χ4n) is 4.65. The van der Waals surface area contributed by atoms with E-state index in [1.165, 1.54) is 0 Å². The molecule has 3 aromatic rings. The maximum Gasteiger partial charge on any atom is 0.251 e. The molecule has 2 aromatic carbocycles. The Kier molecular flexibility index (Phi) is 15.3.